The highest BCUT2D eigenvalue weighted by atomic mass is 16.3. The first-order valence-corrected chi connectivity index (χ1v) is 5.61. The van der Waals surface area contributed by atoms with Gasteiger partial charge in [0.1, 0.15) is 5.58 Å². The SMILES string of the molecule is CC(CO)(CO)NC(=O)c1cc2ccccc2o1. The largest absolute Gasteiger partial charge is 0.451 e. The van der Waals surface area contributed by atoms with E-state index in [0.717, 1.165) is 5.39 Å². The molecule has 2 rings (SSSR count). The minimum Gasteiger partial charge on any atom is -0.451 e. The zero-order valence-electron chi connectivity index (χ0n) is 10.0. The Kier molecular flexibility index (Phi) is 3.36. The maximum Gasteiger partial charge on any atom is 0.287 e. The summed E-state index contributed by atoms with van der Waals surface area (Å²) >= 11 is 0. The molecular weight excluding hydrogens is 234 g/mol. The number of amides is 1. The van der Waals surface area contributed by atoms with Crippen molar-refractivity contribution < 1.29 is 19.4 Å². The van der Waals surface area contributed by atoms with Crippen LogP contribution < -0.4 is 5.32 Å². The second kappa shape index (κ2) is 4.80. The number of para-hydroxylation sites is 1. The van der Waals surface area contributed by atoms with Crippen molar-refractivity contribution in [1.29, 1.82) is 0 Å². The summed E-state index contributed by atoms with van der Waals surface area (Å²) in [6.45, 7) is 0.846. The molecule has 1 aromatic carbocycles. The average Bonchev–Trinajstić information content (AvgIpc) is 2.82. The molecule has 0 aliphatic carbocycles. The van der Waals surface area contributed by atoms with Crippen molar-refractivity contribution in [2.24, 2.45) is 0 Å². The van der Waals surface area contributed by atoms with Gasteiger partial charge in [-0.25, -0.2) is 0 Å². The Morgan fingerprint density at radius 1 is 1.33 bits per heavy atom. The lowest BCUT2D eigenvalue weighted by atomic mass is 10.1. The fraction of sp³-hybridized carbons (Fsp3) is 0.308. The molecule has 0 atom stereocenters. The van der Waals surface area contributed by atoms with Gasteiger partial charge in [-0.3, -0.25) is 4.79 Å². The number of nitrogens with one attached hydrogen (secondary N) is 1. The summed E-state index contributed by atoms with van der Waals surface area (Å²) in [5, 5.41) is 21.6. The van der Waals surface area contributed by atoms with Crippen LogP contribution in [0.5, 0.6) is 0 Å². The predicted molar refractivity (Wildman–Crippen MR) is 66.3 cm³/mol. The highest BCUT2D eigenvalue weighted by molar-refractivity contribution is 5.96. The molecular formula is C13H15NO4. The molecule has 5 heteroatoms. The highest BCUT2D eigenvalue weighted by Crippen LogP contribution is 2.19. The van der Waals surface area contributed by atoms with Crippen LogP contribution in [0.4, 0.5) is 0 Å². The number of aliphatic hydroxyl groups excluding tert-OH is 2. The molecule has 1 heterocycles. The third-order valence-electron chi connectivity index (χ3n) is 2.76. The first-order chi connectivity index (χ1) is 8.58. The monoisotopic (exact) mass is 249 g/mol. The number of carbonyl (C=O) groups excluding carboxylic acids is 1. The van der Waals surface area contributed by atoms with Crippen LogP contribution in [-0.2, 0) is 0 Å². The topological polar surface area (TPSA) is 82.7 Å². The van der Waals surface area contributed by atoms with Crippen molar-refractivity contribution >= 4 is 16.9 Å². The van der Waals surface area contributed by atoms with Crippen molar-refractivity contribution in [2.75, 3.05) is 13.2 Å². The van der Waals surface area contributed by atoms with Gasteiger partial charge in [0.2, 0.25) is 0 Å². The maximum atomic E-state index is 11.9. The molecule has 5 nitrogen and oxygen atoms in total. The molecule has 0 bridgehead atoms. The van der Waals surface area contributed by atoms with Crippen LogP contribution in [0.1, 0.15) is 17.5 Å². The van der Waals surface area contributed by atoms with E-state index in [4.69, 9.17) is 14.6 Å². The van der Waals surface area contributed by atoms with Crippen LogP contribution in [-0.4, -0.2) is 34.9 Å². The van der Waals surface area contributed by atoms with Gasteiger partial charge in [0, 0.05) is 5.39 Å². The predicted octanol–water partition coefficient (Wildman–Crippen LogP) is 0.906. The van der Waals surface area contributed by atoms with Crippen LogP contribution in [0.2, 0.25) is 0 Å². The third kappa shape index (κ3) is 2.37. The third-order valence-corrected chi connectivity index (χ3v) is 2.76. The van der Waals surface area contributed by atoms with E-state index in [1.165, 1.54) is 0 Å². The van der Waals surface area contributed by atoms with Gasteiger partial charge in [-0.15, -0.1) is 0 Å². The van der Waals surface area contributed by atoms with E-state index < -0.39 is 11.4 Å². The molecule has 0 saturated heterocycles. The summed E-state index contributed by atoms with van der Waals surface area (Å²) in [6, 6.07) is 8.90. The minimum absolute atomic E-state index is 0.157. The molecule has 18 heavy (non-hydrogen) atoms. The van der Waals surface area contributed by atoms with E-state index >= 15 is 0 Å². The Hall–Kier alpha value is -1.85. The fourth-order valence-electron chi connectivity index (χ4n) is 1.56. The zero-order chi connectivity index (χ0) is 13.2. The Morgan fingerprint density at radius 2 is 2.00 bits per heavy atom. The number of hydrogen-bond acceptors (Lipinski definition) is 4. The number of benzene rings is 1. The summed E-state index contributed by atoms with van der Waals surface area (Å²) in [7, 11) is 0. The summed E-state index contributed by atoms with van der Waals surface area (Å²) in [6.07, 6.45) is 0. The van der Waals surface area contributed by atoms with Crippen molar-refractivity contribution in [2.45, 2.75) is 12.5 Å². The molecule has 1 amide bonds. The molecule has 2 aromatic rings. The quantitative estimate of drug-likeness (QED) is 0.752. The second-order valence-corrected chi connectivity index (χ2v) is 4.48. The number of fused-ring (bicyclic) bond motifs is 1. The second-order valence-electron chi connectivity index (χ2n) is 4.48. The average molecular weight is 249 g/mol. The number of carbonyl (C=O) groups is 1. The lowest BCUT2D eigenvalue weighted by molar-refractivity contribution is 0.0702. The Labute approximate surface area is 104 Å². The Morgan fingerprint density at radius 3 is 2.61 bits per heavy atom. The first kappa shape index (κ1) is 12.6. The highest BCUT2D eigenvalue weighted by Gasteiger charge is 2.26. The van der Waals surface area contributed by atoms with Crippen LogP contribution >= 0.6 is 0 Å². The van der Waals surface area contributed by atoms with Gasteiger partial charge in [0.15, 0.2) is 5.76 Å². The maximum absolute atomic E-state index is 11.9. The lowest BCUT2D eigenvalue weighted by Gasteiger charge is -2.25. The molecule has 3 N–H and O–H groups in total. The van der Waals surface area contributed by atoms with E-state index in [1.807, 2.05) is 18.2 Å². The van der Waals surface area contributed by atoms with E-state index in [2.05, 4.69) is 5.32 Å². The van der Waals surface area contributed by atoms with E-state index in [0.29, 0.717) is 5.58 Å². The standard InChI is InChI=1S/C13H15NO4/c1-13(7-15,8-16)14-12(17)11-6-9-4-2-3-5-10(9)18-11/h2-6,15-16H,7-8H2,1H3,(H,14,17). The number of aliphatic hydroxyl groups is 2. The molecule has 96 valence electrons. The molecule has 0 unspecified atom stereocenters. The summed E-state index contributed by atoms with van der Waals surface area (Å²) in [5.74, 6) is -0.305. The van der Waals surface area contributed by atoms with Gasteiger partial charge < -0.3 is 19.9 Å². The molecule has 0 fully saturated rings. The Balaban J connectivity index is 2.23. The molecule has 0 saturated carbocycles. The van der Waals surface area contributed by atoms with Crippen molar-refractivity contribution in [3.05, 3.63) is 36.1 Å². The van der Waals surface area contributed by atoms with Crippen LogP contribution in [0.15, 0.2) is 34.7 Å². The van der Waals surface area contributed by atoms with E-state index in [-0.39, 0.29) is 19.0 Å². The van der Waals surface area contributed by atoms with Crippen LogP contribution in [0.25, 0.3) is 11.0 Å². The number of hydrogen-bond donors (Lipinski definition) is 3. The zero-order valence-corrected chi connectivity index (χ0v) is 10.0. The number of furan rings is 1. The van der Waals surface area contributed by atoms with E-state index in [9.17, 15) is 4.79 Å². The van der Waals surface area contributed by atoms with Gasteiger partial charge in [0.05, 0.1) is 18.8 Å². The number of rotatable bonds is 4. The molecule has 0 radical (unpaired) electrons. The van der Waals surface area contributed by atoms with Gasteiger partial charge in [0.25, 0.3) is 5.91 Å². The summed E-state index contributed by atoms with van der Waals surface area (Å²) in [5.41, 5.74) is -0.437. The first-order valence-electron chi connectivity index (χ1n) is 5.61. The normalized spacial score (nSPS) is 11.7. The van der Waals surface area contributed by atoms with Crippen molar-refractivity contribution in [3.8, 4) is 0 Å². The van der Waals surface area contributed by atoms with Gasteiger partial charge in [-0.05, 0) is 19.1 Å². The molecule has 0 aliphatic heterocycles. The minimum atomic E-state index is -1.06. The lowest BCUT2D eigenvalue weighted by Crippen LogP contribution is -2.51. The van der Waals surface area contributed by atoms with Gasteiger partial charge in [-0.1, -0.05) is 18.2 Å². The smallest absolute Gasteiger partial charge is 0.287 e. The van der Waals surface area contributed by atoms with Gasteiger partial charge in [-0.2, -0.15) is 0 Å². The van der Waals surface area contributed by atoms with Crippen LogP contribution in [0.3, 0.4) is 0 Å². The summed E-state index contributed by atoms with van der Waals surface area (Å²) < 4.78 is 5.39. The van der Waals surface area contributed by atoms with Crippen molar-refractivity contribution in [1.82, 2.24) is 5.32 Å². The van der Waals surface area contributed by atoms with E-state index in [1.54, 1.807) is 19.1 Å². The molecule has 0 aliphatic rings. The molecule has 0 spiro atoms. The van der Waals surface area contributed by atoms with Gasteiger partial charge >= 0.3 is 0 Å². The fourth-order valence-corrected chi connectivity index (χ4v) is 1.56. The summed E-state index contributed by atoms with van der Waals surface area (Å²) in [4.78, 5) is 11.9. The van der Waals surface area contributed by atoms with Crippen LogP contribution in [0, 0.1) is 0 Å². The van der Waals surface area contributed by atoms with Crippen molar-refractivity contribution in [3.63, 3.8) is 0 Å². The Bertz CT molecular complexity index is 524. The molecule has 1 aromatic heterocycles.